The summed E-state index contributed by atoms with van der Waals surface area (Å²) in [4.78, 5) is 27.3. The van der Waals surface area contributed by atoms with Gasteiger partial charge in [0.05, 0.1) is 11.4 Å². The summed E-state index contributed by atoms with van der Waals surface area (Å²) in [5.41, 5.74) is 0.359. The van der Waals surface area contributed by atoms with E-state index in [1.54, 1.807) is 0 Å². The molecule has 1 aromatic heterocycles. The van der Waals surface area contributed by atoms with Gasteiger partial charge in [0.1, 0.15) is 4.88 Å². The number of likely N-dealkylation sites (tertiary alicyclic amines) is 1. The van der Waals surface area contributed by atoms with Gasteiger partial charge in [-0.05, 0) is 24.7 Å². The average Bonchev–Trinajstić information content (AvgIpc) is 3.00. The molecule has 1 aliphatic heterocycles. The van der Waals surface area contributed by atoms with Crippen LogP contribution in [0.2, 0.25) is 0 Å². The fraction of sp³-hybridized carbons (Fsp3) is 0.615. The fourth-order valence-corrected chi connectivity index (χ4v) is 3.66. The van der Waals surface area contributed by atoms with Crippen LogP contribution in [0.15, 0.2) is 5.51 Å². The Balaban J connectivity index is 1.82. The van der Waals surface area contributed by atoms with Crippen molar-refractivity contribution in [3.63, 3.8) is 0 Å². The Labute approximate surface area is 127 Å². The van der Waals surface area contributed by atoms with E-state index in [-0.39, 0.29) is 24.9 Å². The van der Waals surface area contributed by atoms with Gasteiger partial charge in [-0.15, -0.1) is 11.3 Å². The van der Waals surface area contributed by atoms with Crippen LogP contribution in [0.5, 0.6) is 0 Å². The van der Waals surface area contributed by atoms with E-state index in [1.807, 2.05) is 0 Å². The Morgan fingerprint density at radius 2 is 2.00 bits per heavy atom. The smallest absolute Gasteiger partial charge is 0.427 e. The Kier molecular flexibility index (Phi) is 3.62. The number of hydrogen-bond acceptors (Lipinski definition) is 4. The lowest BCUT2D eigenvalue weighted by molar-refractivity contribution is -0.142. The highest BCUT2D eigenvalue weighted by Gasteiger charge is 2.48. The van der Waals surface area contributed by atoms with Gasteiger partial charge >= 0.3 is 12.1 Å². The van der Waals surface area contributed by atoms with E-state index in [0.717, 1.165) is 18.4 Å². The predicted molar refractivity (Wildman–Crippen MR) is 70.4 cm³/mol. The molecule has 9 heteroatoms. The molecule has 3 rings (SSSR count). The third-order valence-electron chi connectivity index (χ3n) is 4.22. The van der Waals surface area contributed by atoms with Crippen molar-refractivity contribution in [2.24, 2.45) is 17.8 Å². The average molecular weight is 334 g/mol. The minimum absolute atomic E-state index is 0.0514. The lowest BCUT2D eigenvalue weighted by atomic mass is 9.92. The van der Waals surface area contributed by atoms with Crippen molar-refractivity contribution in [3.8, 4) is 0 Å². The van der Waals surface area contributed by atoms with Gasteiger partial charge in [0.25, 0.3) is 5.91 Å². The van der Waals surface area contributed by atoms with Gasteiger partial charge in [-0.25, -0.2) is 4.98 Å². The number of thiazole rings is 1. The van der Waals surface area contributed by atoms with Crippen LogP contribution in [-0.2, 0) is 11.0 Å². The first kappa shape index (κ1) is 15.3. The highest BCUT2D eigenvalue weighted by molar-refractivity contribution is 7.10. The van der Waals surface area contributed by atoms with Crippen molar-refractivity contribution in [1.29, 1.82) is 0 Å². The van der Waals surface area contributed by atoms with Crippen molar-refractivity contribution < 1.29 is 27.9 Å². The number of nitrogens with zero attached hydrogens (tertiary/aromatic N) is 2. The number of carboxylic acid groups (broad SMARTS) is 1. The maximum Gasteiger partial charge on any atom is 0.427 e. The van der Waals surface area contributed by atoms with Crippen molar-refractivity contribution in [2.45, 2.75) is 19.0 Å². The van der Waals surface area contributed by atoms with Gasteiger partial charge in [0.15, 0.2) is 5.69 Å². The van der Waals surface area contributed by atoms with Gasteiger partial charge in [-0.1, -0.05) is 0 Å². The lowest BCUT2D eigenvalue weighted by Crippen LogP contribution is -2.31. The second-order valence-electron chi connectivity index (χ2n) is 5.68. The van der Waals surface area contributed by atoms with E-state index in [4.69, 9.17) is 0 Å². The fourth-order valence-electron chi connectivity index (χ4n) is 3.01. The van der Waals surface area contributed by atoms with Crippen LogP contribution >= 0.6 is 11.3 Å². The van der Waals surface area contributed by atoms with E-state index in [0.29, 0.717) is 11.3 Å². The second kappa shape index (κ2) is 5.22. The Morgan fingerprint density at radius 1 is 1.32 bits per heavy atom. The molecule has 0 aromatic carbocycles. The number of aromatic nitrogens is 1. The van der Waals surface area contributed by atoms with Crippen molar-refractivity contribution in [3.05, 3.63) is 16.1 Å². The summed E-state index contributed by atoms with van der Waals surface area (Å²) in [6.07, 6.45) is -2.80. The van der Waals surface area contributed by atoms with E-state index in [1.165, 1.54) is 4.90 Å². The van der Waals surface area contributed by atoms with E-state index in [9.17, 15) is 27.9 Å². The topological polar surface area (TPSA) is 70.5 Å². The zero-order chi connectivity index (χ0) is 16.1. The van der Waals surface area contributed by atoms with E-state index >= 15 is 0 Å². The normalized spacial score (nSPS) is 25.5. The van der Waals surface area contributed by atoms with Crippen LogP contribution in [0.25, 0.3) is 0 Å². The maximum absolute atomic E-state index is 12.9. The monoisotopic (exact) mass is 334 g/mol. The molecule has 0 radical (unpaired) electrons. The molecule has 2 aliphatic rings. The van der Waals surface area contributed by atoms with E-state index in [2.05, 4.69) is 4.98 Å². The number of aliphatic carboxylic acids is 1. The first-order chi connectivity index (χ1) is 10.3. The Hall–Kier alpha value is -1.64. The number of hydrogen-bond donors (Lipinski definition) is 1. The molecule has 1 saturated carbocycles. The quantitative estimate of drug-likeness (QED) is 0.921. The van der Waals surface area contributed by atoms with Gasteiger partial charge in [0, 0.05) is 13.1 Å². The summed E-state index contributed by atoms with van der Waals surface area (Å²) in [6, 6.07) is 0. The van der Waals surface area contributed by atoms with Crippen LogP contribution < -0.4 is 0 Å². The minimum Gasteiger partial charge on any atom is -0.481 e. The molecule has 5 nitrogen and oxygen atoms in total. The molecule has 1 N–H and O–H groups in total. The Bertz CT molecular complexity index is 612. The third kappa shape index (κ3) is 2.69. The first-order valence-corrected chi connectivity index (χ1v) is 7.69. The number of amides is 1. The number of carbonyl (C=O) groups is 2. The van der Waals surface area contributed by atoms with Crippen LogP contribution in [0.3, 0.4) is 0 Å². The summed E-state index contributed by atoms with van der Waals surface area (Å²) in [5, 5.41) is 9.24. The summed E-state index contributed by atoms with van der Waals surface area (Å²) >= 11 is 0.370. The number of carboxylic acids is 1. The van der Waals surface area contributed by atoms with Gasteiger partial charge in [-0.3, -0.25) is 9.59 Å². The number of carbonyl (C=O) groups excluding carboxylic acids is 1. The summed E-state index contributed by atoms with van der Waals surface area (Å²) < 4.78 is 38.6. The highest BCUT2D eigenvalue weighted by Crippen LogP contribution is 2.44. The van der Waals surface area contributed by atoms with Crippen LogP contribution in [-0.4, -0.2) is 40.0 Å². The highest BCUT2D eigenvalue weighted by atomic mass is 32.1. The van der Waals surface area contributed by atoms with E-state index < -0.39 is 34.5 Å². The molecule has 0 spiro atoms. The van der Waals surface area contributed by atoms with Crippen LogP contribution in [0.1, 0.15) is 28.2 Å². The number of rotatable bonds is 3. The van der Waals surface area contributed by atoms with Crippen LogP contribution in [0, 0.1) is 17.8 Å². The molecule has 120 valence electrons. The van der Waals surface area contributed by atoms with Crippen molar-refractivity contribution in [2.75, 3.05) is 13.1 Å². The molecule has 1 aliphatic carbocycles. The predicted octanol–water partition coefficient (Wildman–Crippen LogP) is 2.34. The number of alkyl halides is 3. The summed E-state index contributed by atoms with van der Waals surface area (Å²) in [5.74, 6) is -2.44. The molecule has 1 amide bonds. The SMILES string of the molecule is O=C(O)[C@H]1CN(C(=O)c2ncsc2C(F)(F)F)C[C@@H]1C1CC1. The molecule has 1 aromatic rings. The zero-order valence-corrected chi connectivity index (χ0v) is 12.2. The van der Waals surface area contributed by atoms with Crippen molar-refractivity contribution in [1.82, 2.24) is 9.88 Å². The maximum atomic E-state index is 12.9. The number of halogens is 3. The molecule has 22 heavy (non-hydrogen) atoms. The van der Waals surface area contributed by atoms with Gasteiger partial charge < -0.3 is 10.0 Å². The molecule has 2 heterocycles. The summed E-state index contributed by atoms with van der Waals surface area (Å²) in [7, 11) is 0. The zero-order valence-electron chi connectivity index (χ0n) is 11.3. The van der Waals surface area contributed by atoms with Crippen LogP contribution in [0.4, 0.5) is 13.2 Å². The third-order valence-corrected chi connectivity index (χ3v) is 5.10. The molecule has 2 fully saturated rings. The van der Waals surface area contributed by atoms with Gasteiger partial charge in [0.2, 0.25) is 0 Å². The molecule has 0 bridgehead atoms. The standard InChI is InChI=1S/C13H13F3N2O3S/c14-13(15,16)10-9(17-5-22-10)11(19)18-3-7(6-1-2-6)8(4-18)12(20)21/h5-8H,1-4H2,(H,20,21)/t7-,8+/m1/s1. The molecule has 2 atom stereocenters. The minimum atomic E-state index is -4.63. The molecular weight excluding hydrogens is 321 g/mol. The first-order valence-electron chi connectivity index (χ1n) is 6.81. The van der Waals surface area contributed by atoms with Gasteiger partial charge in [-0.2, -0.15) is 13.2 Å². The summed E-state index contributed by atoms with van der Waals surface area (Å²) in [6.45, 7) is 0.138. The molecule has 0 unspecified atom stereocenters. The lowest BCUT2D eigenvalue weighted by Gasteiger charge is -2.16. The second-order valence-corrected chi connectivity index (χ2v) is 6.54. The Morgan fingerprint density at radius 3 is 2.55 bits per heavy atom. The molecular formula is C13H13F3N2O3S. The largest absolute Gasteiger partial charge is 0.481 e. The molecule has 1 saturated heterocycles. The van der Waals surface area contributed by atoms with Crippen molar-refractivity contribution >= 4 is 23.2 Å².